The van der Waals surface area contributed by atoms with E-state index in [1.54, 1.807) is 11.0 Å². The lowest BCUT2D eigenvalue weighted by Crippen LogP contribution is -2.32. The molecule has 106 valence electrons. The van der Waals surface area contributed by atoms with E-state index in [1.807, 2.05) is 27.7 Å². The largest absolute Gasteiger partial charge is 0.475 e. The van der Waals surface area contributed by atoms with E-state index in [4.69, 9.17) is 4.74 Å². The fourth-order valence-electron chi connectivity index (χ4n) is 1.51. The lowest BCUT2D eigenvalue weighted by molar-refractivity contribution is -0.138. The van der Waals surface area contributed by atoms with Crippen molar-refractivity contribution in [2.45, 2.75) is 33.8 Å². The smallest absolute Gasteiger partial charge is 0.325 e. The van der Waals surface area contributed by atoms with Gasteiger partial charge in [-0.05, 0) is 27.7 Å². The Kier molecular flexibility index (Phi) is 5.54. The fourth-order valence-corrected chi connectivity index (χ4v) is 1.51. The monoisotopic (exact) mass is 267 g/mol. The molecule has 19 heavy (non-hydrogen) atoms. The predicted molar refractivity (Wildman–Crippen MR) is 72.4 cm³/mol. The molecule has 0 saturated heterocycles. The Labute approximate surface area is 113 Å². The van der Waals surface area contributed by atoms with Crippen molar-refractivity contribution in [1.82, 2.24) is 9.97 Å². The van der Waals surface area contributed by atoms with Crippen LogP contribution in [0.4, 0.5) is 5.95 Å². The summed E-state index contributed by atoms with van der Waals surface area (Å²) in [6.07, 6.45) is 0.0397. The van der Waals surface area contributed by atoms with Gasteiger partial charge in [-0.15, -0.1) is 0 Å². The lowest BCUT2D eigenvalue weighted by Gasteiger charge is -2.20. The quantitative estimate of drug-likeness (QED) is 0.729. The second kappa shape index (κ2) is 6.92. The Hall–Kier alpha value is -1.85. The first-order chi connectivity index (χ1) is 8.96. The average molecular weight is 267 g/mol. The van der Waals surface area contributed by atoms with E-state index >= 15 is 0 Å². The van der Waals surface area contributed by atoms with Crippen LogP contribution in [0.15, 0.2) is 6.07 Å². The average Bonchev–Trinajstić information content (AvgIpc) is 2.33. The van der Waals surface area contributed by atoms with E-state index in [-0.39, 0.29) is 18.6 Å². The van der Waals surface area contributed by atoms with Gasteiger partial charge in [-0.3, -0.25) is 4.79 Å². The number of aromatic nitrogens is 2. The summed E-state index contributed by atoms with van der Waals surface area (Å²) in [6.45, 7) is 8.39. The number of nitrogens with zero attached hydrogens (tertiary/aromatic N) is 3. The summed E-state index contributed by atoms with van der Waals surface area (Å²) in [6, 6.07) is 1.77. The van der Waals surface area contributed by atoms with Gasteiger partial charge in [-0.2, -0.15) is 4.98 Å². The number of rotatable bonds is 6. The number of carbonyl (C=O) groups is 1. The number of hydrogen-bond acceptors (Lipinski definition) is 6. The molecule has 0 aliphatic heterocycles. The highest BCUT2D eigenvalue weighted by Crippen LogP contribution is 2.16. The van der Waals surface area contributed by atoms with Crippen molar-refractivity contribution in [3.05, 3.63) is 11.8 Å². The van der Waals surface area contributed by atoms with Crippen LogP contribution in [0.25, 0.3) is 0 Å². The summed E-state index contributed by atoms with van der Waals surface area (Å²) in [7, 11) is 1.36. The highest BCUT2D eigenvalue weighted by molar-refractivity contribution is 5.74. The minimum atomic E-state index is -0.321. The van der Waals surface area contributed by atoms with Crippen molar-refractivity contribution in [1.29, 1.82) is 0 Å². The van der Waals surface area contributed by atoms with Gasteiger partial charge in [-0.1, -0.05) is 0 Å². The maximum atomic E-state index is 11.4. The number of aryl methyl sites for hydroxylation is 1. The molecular formula is C13H21N3O3. The second-order valence-electron chi connectivity index (χ2n) is 4.40. The van der Waals surface area contributed by atoms with Crippen LogP contribution in [0.2, 0.25) is 0 Å². The summed E-state index contributed by atoms with van der Waals surface area (Å²) in [5.41, 5.74) is 0.795. The maximum absolute atomic E-state index is 11.4. The molecule has 0 amide bonds. The molecule has 1 heterocycles. The van der Waals surface area contributed by atoms with Gasteiger partial charge in [0, 0.05) is 18.3 Å². The molecule has 0 radical (unpaired) electrons. The summed E-state index contributed by atoms with van der Waals surface area (Å²) >= 11 is 0. The SMILES string of the molecule is CCN(CC(=O)OC)c1nc(C)cc(OC(C)C)n1. The van der Waals surface area contributed by atoms with Crippen molar-refractivity contribution < 1.29 is 14.3 Å². The zero-order chi connectivity index (χ0) is 14.4. The normalized spacial score (nSPS) is 10.4. The highest BCUT2D eigenvalue weighted by Gasteiger charge is 2.14. The third-order valence-corrected chi connectivity index (χ3v) is 2.39. The summed E-state index contributed by atoms with van der Waals surface area (Å²) in [4.78, 5) is 21.7. The molecule has 1 aromatic rings. The molecule has 0 atom stereocenters. The predicted octanol–water partition coefficient (Wildman–Crippen LogP) is 1.57. The number of esters is 1. The minimum Gasteiger partial charge on any atom is -0.475 e. The van der Waals surface area contributed by atoms with Crippen LogP contribution >= 0.6 is 0 Å². The number of likely N-dealkylation sites (N-methyl/N-ethyl adjacent to an activating group) is 1. The molecule has 1 aromatic heterocycles. The Morgan fingerprint density at radius 3 is 2.63 bits per heavy atom. The Bertz CT molecular complexity index is 435. The van der Waals surface area contributed by atoms with Crippen LogP contribution in [-0.2, 0) is 9.53 Å². The van der Waals surface area contributed by atoms with Gasteiger partial charge < -0.3 is 14.4 Å². The molecule has 0 aliphatic carbocycles. The molecule has 6 nitrogen and oxygen atoms in total. The Balaban J connectivity index is 2.96. The molecule has 6 heteroatoms. The first-order valence-electron chi connectivity index (χ1n) is 6.30. The van der Waals surface area contributed by atoms with Crippen molar-refractivity contribution in [3.8, 4) is 5.88 Å². The molecule has 0 aromatic carbocycles. The Morgan fingerprint density at radius 2 is 2.11 bits per heavy atom. The summed E-state index contributed by atoms with van der Waals surface area (Å²) in [5.74, 6) is 0.669. The number of ether oxygens (including phenoxy) is 2. The zero-order valence-corrected chi connectivity index (χ0v) is 12.1. The third kappa shape index (κ3) is 4.73. The molecule has 0 fully saturated rings. The van der Waals surface area contributed by atoms with Crippen molar-refractivity contribution >= 4 is 11.9 Å². The Morgan fingerprint density at radius 1 is 1.42 bits per heavy atom. The van der Waals surface area contributed by atoms with Crippen LogP contribution < -0.4 is 9.64 Å². The number of carbonyl (C=O) groups excluding carboxylic acids is 1. The van der Waals surface area contributed by atoms with Crippen LogP contribution in [0.1, 0.15) is 26.5 Å². The summed E-state index contributed by atoms with van der Waals surface area (Å²) in [5, 5.41) is 0. The van der Waals surface area contributed by atoms with Crippen LogP contribution in [0.5, 0.6) is 5.88 Å². The molecule has 0 spiro atoms. The van der Waals surface area contributed by atoms with Crippen LogP contribution in [-0.4, -0.2) is 42.2 Å². The van der Waals surface area contributed by atoms with Gasteiger partial charge in [-0.25, -0.2) is 4.98 Å². The number of hydrogen-bond donors (Lipinski definition) is 0. The molecular weight excluding hydrogens is 246 g/mol. The standard InChI is InChI=1S/C13H21N3O3/c1-6-16(8-12(17)18-5)13-14-10(4)7-11(15-13)19-9(2)3/h7,9H,6,8H2,1-5H3. The first kappa shape index (κ1) is 15.2. The number of anilines is 1. The van der Waals surface area contributed by atoms with E-state index in [0.717, 1.165) is 5.69 Å². The topological polar surface area (TPSA) is 64.6 Å². The second-order valence-corrected chi connectivity index (χ2v) is 4.40. The van der Waals surface area contributed by atoms with Crippen molar-refractivity contribution in [2.24, 2.45) is 0 Å². The fraction of sp³-hybridized carbons (Fsp3) is 0.615. The molecule has 0 saturated carbocycles. The molecule has 0 unspecified atom stereocenters. The lowest BCUT2D eigenvalue weighted by atomic mass is 10.4. The molecule has 0 bridgehead atoms. The van der Waals surface area contributed by atoms with Gasteiger partial charge in [0.15, 0.2) is 0 Å². The van der Waals surface area contributed by atoms with Gasteiger partial charge in [0.25, 0.3) is 0 Å². The zero-order valence-electron chi connectivity index (χ0n) is 12.1. The van der Waals surface area contributed by atoms with E-state index in [0.29, 0.717) is 18.4 Å². The summed E-state index contributed by atoms with van der Waals surface area (Å²) < 4.78 is 10.2. The van der Waals surface area contributed by atoms with E-state index in [9.17, 15) is 4.79 Å². The van der Waals surface area contributed by atoms with E-state index in [1.165, 1.54) is 7.11 Å². The highest BCUT2D eigenvalue weighted by atomic mass is 16.5. The maximum Gasteiger partial charge on any atom is 0.325 e. The van der Waals surface area contributed by atoms with Crippen molar-refractivity contribution in [3.63, 3.8) is 0 Å². The van der Waals surface area contributed by atoms with Gasteiger partial charge in [0.1, 0.15) is 6.54 Å². The van der Waals surface area contributed by atoms with Crippen molar-refractivity contribution in [2.75, 3.05) is 25.1 Å². The van der Waals surface area contributed by atoms with Gasteiger partial charge in [0.05, 0.1) is 13.2 Å². The number of methoxy groups -OCH3 is 1. The van der Waals surface area contributed by atoms with E-state index < -0.39 is 0 Å². The minimum absolute atomic E-state index is 0.0397. The first-order valence-corrected chi connectivity index (χ1v) is 6.30. The molecule has 0 N–H and O–H groups in total. The van der Waals surface area contributed by atoms with Gasteiger partial charge >= 0.3 is 5.97 Å². The molecule has 1 rings (SSSR count). The van der Waals surface area contributed by atoms with Crippen LogP contribution in [0.3, 0.4) is 0 Å². The molecule has 0 aliphatic rings. The third-order valence-electron chi connectivity index (χ3n) is 2.39. The van der Waals surface area contributed by atoms with Crippen LogP contribution in [0, 0.1) is 6.92 Å². The van der Waals surface area contributed by atoms with Gasteiger partial charge in [0.2, 0.25) is 11.8 Å². The van der Waals surface area contributed by atoms with E-state index in [2.05, 4.69) is 14.7 Å².